The lowest BCUT2D eigenvalue weighted by Gasteiger charge is -2.19. The minimum Gasteiger partial charge on any atom is -0.299 e. The van der Waals surface area contributed by atoms with Crippen LogP contribution in [-0.2, 0) is 4.79 Å². The van der Waals surface area contributed by atoms with Gasteiger partial charge in [-0.2, -0.15) is 11.8 Å². The number of hydrogen-bond acceptors (Lipinski definition) is 2. The minimum absolute atomic E-state index is 0.195. The van der Waals surface area contributed by atoms with Gasteiger partial charge in [0.25, 0.3) is 0 Å². The lowest BCUT2D eigenvalue weighted by Crippen LogP contribution is -2.22. The van der Waals surface area contributed by atoms with E-state index in [9.17, 15) is 4.79 Å². The van der Waals surface area contributed by atoms with Crippen molar-refractivity contribution in [1.82, 2.24) is 0 Å². The van der Waals surface area contributed by atoms with Gasteiger partial charge < -0.3 is 0 Å². The van der Waals surface area contributed by atoms with E-state index in [-0.39, 0.29) is 5.92 Å². The Kier molecular flexibility index (Phi) is 7.34. The van der Waals surface area contributed by atoms with E-state index in [4.69, 9.17) is 0 Å². The molecule has 0 aliphatic heterocycles. The van der Waals surface area contributed by atoms with Crippen LogP contribution >= 0.6 is 11.8 Å². The number of Topliss-reactive ketones (excluding diaryl/α,β-unsaturated/α-hetero) is 1. The van der Waals surface area contributed by atoms with Crippen molar-refractivity contribution in [2.75, 3.05) is 12.0 Å². The third-order valence-electron chi connectivity index (χ3n) is 2.40. The summed E-state index contributed by atoms with van der Waals surface area (Å²) in [4.78, 5) is 11.9. The first-order chi connectivity index (χ1) is 6.49. The van der Waals surface area contributed by atoms with Gasteiger partial charge in [0.15, 0.2) is 0 Å². The molecule has 1 nitrogen and oxygen atoms in total. The molecule has 2 heteroatoms. The van der Waals surface area contributed by atoms with Gasteiger partial charge in [0, 0.05) is 11.8 Å². The molecule has 0 aromatic carbocycles. The Labute approximate surface area is 93.0 Å². The summed E-state index contributed by atoms with van der Waals surface area (Å²) in [5.41, 5.74) is 0. The molecule has 1 atom stereocenters. The second-order valence-corrected chi connectivity index (χ2v) is 5.65. The maximum absolute atomic E-state index is 11.9. The topological polar surface area (TPSA) is 17.1 Å². The maximum Gasteiger partial charge on any atom is 0.138 e. The quantitative estimate of drug-likeness (QED) is 0.646. The molecule has 0 fully saturated rings. The number of thioether (sulfide) groups is 1. The monoisotopic (exact) mass is 216 g/mol. The summed E-state index contributed by atoms with van der Waals surface area (Å²) < 4.78 is 0. The van der Waals surface area contributed by atoms with Crippen molar-refractivity contribution in [2.24, 2.45) is 17.8 Å². The number of carbonyl (C=O) groups excluding carboxylic acids is 1. The molecular formula is C12H24OS. The Bertz CT molecular complexity index is 164. The van der Waals surface area contributed by atoms with Gasteiger partial charge in [0.2, 0.25) is 0 Å². The number of rotatable bonds is 7. The van der Waals surface area contributed by atoms with E-state index in [0.29, 0.717) is 17.6 Å². The highest BCUT2D eigenvalue weighted by Gasteiger charge is 2.21. The van der Waals surface area contributed by atoms with Crippen LogP contribution in [0.3, 0.4) is 0 Å². The molecule has 0 spiro atoms. The van der Waals surface area contributed by atoms with Gasteiger partial charge in [0.05, 0.1) is 0 Å². The van der Waals surface area contributed by atoms with Gasteiger partial charge in [-0.25, -0.2) is 0 Å². The molecule has 0 aromatic rings. The highest BCUT2D eigenvalue weighted by Crippen LogP contribution is 2.21. The lowest BCUT2D eigenvalue weighted by molar-refractivity contribution is -0.126. The minimum atomic E-state index is 0.195. The fourth-order valence-electron chi connectivity index (χ4n) is 1.68. The Hall–Kier alpha value is 0.0200. The third kappa shape index (κ3) is 5.69. The molecule has 0 aliphatic carbocycles. The Morgan fingerprint density at radius 1 is 1.21 bits per heavy atom. The van der Waals surface area contributed by atoms with E-state index in [1.807, 2.05) is 25.6 Å². The van der Waals surface area contributed by atoms with Crippen molar-refractivity contribution < 1.29 is 4.79 Å². The van der Waals surface area contributed by atoms with Crippen molar-refractivity contribution in [3.63, 3.8) is 0 Å². The predicted octanol–water partition coefficient (Wildman–Crippen LogP) is 3.63. The van der Waals surface area contributed by atoms with Crippen LogP contribution in [0.1, 0.15) is 40.5 Å². The largest absolute Gasteiger partial charge is 0.299 e. The summed E-state index contributed by atoms with van der Waals surface area (Å²) in [6, 6.07) is 0. The van der Waals surface area contributed by atoms with Crippen molar-refractivity contribution in [3.05, 3.63) is 0 Å². The normalized spacial score (nSPS) is 13.6. The highest BCUT2D eigenvalue weighted by molar-refractivity contribution is 7.98. The average Bonchev–Trinajstić information content (AvgIpc) is 2.10. The van der Waals surface area contributed by atoms with E-state index >= 15 is 0 Å². The first-order valence-corrected chi connectivity index (χ1v) is 6.91. The second-order valence-electron chi connectivity index (χ2n) is 4.67. The molecule has 0 aromatic heterocycles. The van der Waals surface area contributed by atoms with Crippen molar-refractivity contribution in [3.8, 4) is 0 Å². The molecule has 0 radical (unpaired) electrons. The Morgan fingerprint density at radius 3 is 2.14 bits per heavy atom. The van der Waals surface area contributed by atoms with Crippen LogP contribution in [-0.4, -0.2) is 17.8 Å². The zero-order valence-corrected chi connectivity index (χ0v) is 11.0. The third-order valence-corrected chi connectivity index (χ3v) is 3.04. The molecule has 0 heterocycles. The van der Waals surface area contributed by atoms with Gasteiger partial charge in [-0.15, -0.1) is 0 Å². The van der Waals surface area contributed by atoms with Crippen LogP contribution in [0, 0.1) is 17.8 Å². The summed E-state index contributed by atoms with van der Waals surface area (Å²) in [5.74, 6) is 2.68. The fourth-order valence-corrected chi connectivity index (χ4v) is 2.20. The van der Waals surface area contributed by atoms with E-state index in [1.165, 1.54) is 0 Å². The lowest BCUT2D eigenvalue weighted by atomic mass is 9.86. The first kappa shape index (κ1) is 14.0. The zero-order valence-electron chi connectivity index (χ0n) is 10.2. The van der Waals surface area contributed by atoms with Gasteiger partial charge in [-0.05, 0) is 30.8 Å². The standard InChI is InChI=1S/C12H24OS/c1-9(2)8-11(6-7-14-5)12(13)10(3)4/h9-11H,6-8H2,1-5H3. The molecule has 1 unspecified atom stereocenters. The predicted molar refractivity (Wildman–Crippen MR) is 65.8 cm³/mol. The van der Waals surface area contributed by atoms with Gasteiger partial charge >= 0.3 is 0 Å². The van der Waals surface area contributed by atoms with E-state index in [2.05, 4.69) is 20.1 Å². The molecule has 84 valence electrons. The van der Waals surface area contributed by atoms with Crippen LogP contribution in [0.5, 0.6) is 0 Å². The maximum atomic E-state index is 11.9. The molecule has 0 amide bonds. The van der Waals surface area contributed by atoms with Gasteiger partial charge in [0.1, 0.15) is 5.78 Å². The Morgan fingerprint density at radius 2 is 1.79 bits per heavy atom. The molecular weight excluding hydrogens is 192 g/mol. The van der Waals surface area contributed by atoms with Crippen LogP contribution in [0.4, 0.5) is 0 Å². The molecule has 0 saturated carbocycles. The summed E-state index contributed by atoms with van der Waals surface area (Å²) >= 11 is 1.83. The summed E-state index contributed by atoms with van der Waals surface area (Å²) in [6.07, 6.45) is 4.21. The SMILES string of the molecule is CSCCC(CC(C)C)C(=O)C(C)C. The summed E-state index contributed by atoms with van der Waals surface area (Å²) in [7, 11) is 0. The zero-order chi connectivity index (χ0) is 11.1. The molecule has 14 heavy (non-hydrogen) atoms. The van der Waals surface area contributed by atoms with Crippen LogP contribution in [0.15, 0.2) is 0 Å². The fraction of sp³-hybridized carbons (Fsp3) is 0.917. The molecule has 0 aliphatic rings. The molecule has 0 bridgehead atoms. The van der Waals surface area contributed by atoms with E-state index < -0.39 is 0 Å². The molecule has 0 N–H and O–H groups in total. The highest BCUT2D eigenvalue weighted by atomic mass is 32.2. The summed E-state index contributed by atoms with van der Waals surface area (Å²) in [5, 5.41) is 0. The summed E-state index contributed by atoms with van der Waals surface area (Å²) in [6.45, 7) is 8.41. The van der Waals surface area contributed by atoms with E-state index in [1.54, 1.807) is 0 Å². The van der Waals surface area contributed by atoms with Crippen LogP contribution < -0.4 is 0 Å². The van der Waals surface area contributed by atoms with Crippen molar-refractivity contribution in [2.45, 2.75) is 40.5 Å². The van der Waals surface area contributed by atoms with Crippen LogP contribution in [0.25, 0.3) is 0 Å². The first-order valence-electron chi connectivity index (χ1n) is 5.51. The van der Waals surface area contributed by atoms with Gasteiger partial charge in [-0.1, -0.05) is 27.7 Å². The Balaban J connectivity index is 4.15. The number of carbonyl (C=O) groups is 1. The van der Waals surface area contributed by atoms with Gasteiger partial charge in [-0.3, -0.25) is 4.79 Å². The molecule has 0 rings (SSSR count). The van der Waals surface area contributed by atoms with Crippen molar-refractivity contribution >= 4 is 17.5 Å². The average molecular weight is 216 g/mol. The number of hydrogen-bond donors (Lipinski definition) is 0. The van der Waals surface area contributed by atoms with Crippen LogP contribution in [0.2, 0.25) is 0 Å². The molecule has 0 saturated heterocycles. The smallest absolute Gasteiger partial charge is 0.138 e. The van der Waals surface area contributed by atoms with E-state index in [0.717, 1.165) is 18.6 Å². The van der Waals surface area contributed by atoms with Crippen molar-refractivity contribution in [1.29, 1.82) is 0 Å². The number of ketones is 1. The second kappa shape index (κ2) is 7.33.